The zero-order valence-corrected chi connectivity index (χ0v) is 12.9. The van der Waals surface area contributed by atoms with Crippen molar-refractivity contribution in [3.05, 3.63) is 65.2 Å². The number of Topliss-reactive ketones (excluding diaryl/α,β-unsaturated/α-hetero) is 1. The molecule has 0 aromatic heterocycles. The van der Waals surface area contributed by atoms with Gasteiger partial charge in [-0.1, -0.05) is 12.1 Å². The summed E-state index contributed by atoms with van der Waals surface area (Å²) in [5.74, 6) is 0.799. The molecular weight excluding hydrogens is 282 g/mol. The van der Waals surface area contributed by atoms with Crippen molar-refractivity contribution < 1.29 is 9.59 Å². The average molecular weight is 299 g/mol. The van der Waals surface area contributed by atoms with Gasteiger partial charge in [0.05, 0.1) is 0 Å². The SMILES string of the molecule is CSCc1ccc(C(=O)Nc2ccc(C(C)=O)cc2)cc1. The first-order valence-corrected chi connectivity index (χ1v) is 8.00. The molecule has 0 aliphatic heterocycles. The van der Waals surface area contributed by atoms with Crippen molar-refractivity contribution in [3.63, 3.8) is 0 Å². The van der Waals surface area contributed by atoms with E-state index in [1.807, 2.05) is 30.5 Å². The molecule has 0 radical (unpaired) electrons. The van der Waals surface area contributed by atoms with Crippen molar-refractivity contribution >= 4 is 29.1 Å². The smallest absolute Gasteiger partial charge is 0.255 e. The fraction of sp³-hybridized carbons (Fsp3) is 0.176. The number of carbonyl (C=O) groups is 2. The highest BCUT2D eigenvalue weighted by atomic mass is 32.2. The largest absolute Gasteiger partial charge is 0.322 e. The lowest BCUT2D eigenvalue weighted by atomic mass is 10.1. The molecule has 0 unspecified atom stereocenters. The van der Waals surface area contributed by atoms with Crippen LogP contribution in [0.4, 0.5) is 5.69 Å². The van der Waals surface area contributed by atoms with Gasteiger partial charge in [-0.05, 0) is 55.1 Å². The van der Waals surface area contributed by atoms with E-state index in [1.165, 1.54) is 12.5 Å². The topological polar surface area (TPSA) is 46.2 Å². The van der Waals surface area contributed by atoms with Crippen molar-refractivity contribution in [2.75, 3.05) is 11.6 Å². The van der Waals surface area contributed by atoms with Gasteiger partial charge in [0.15, 0.2) is 5.78 Å². The summed E-state index contributed by atoms with van der Waals surface area (Å²) in [5.41, 5.74) is 3.13. The Balaban J connectivity index is 2.05. The number of carbonyl (C=O) groups excluding carboxylic acids is 2. The van der Waals surface area contributed by atoms with Gasteiger partial charge in [0.1, 0.15) is 0 Å². The van der Waals surface area contributed by atoms with E-state index in [1.54, 1.807) is 36.0 Å². The van der Waals surface area contributed by atoms with E-state index in [-0.39, 0.29) is 11.7 Å². The molecule has 2 rings (SSSR count). The van der Waals surface area contributed by atoms with Gasteiger partial charge in [0, 0.05) is 22.6 Å². The standard InChI is InChI=1S/C17H17NO2S/c1-12(19)14-7-9-16(10-8-14)18-17(20)15-5-3-13(4-6-15)11-21-2/h3-10H,11H2,1-2H3,(H,18,20). The van der Waals surface area contributed by atoms with E-state index in [0.717, 1.165) is 5.75 Å². The van der Waals surface area contributed by atoms with Crippen LogP contribution in [-0.4, -0.2) is 17.9 Å². The Labute approximate surface area is 128 Å². The zero-order chi connectivity index (χ0) is 15.2. The van der Waals surface area contributed by atoms with E-state index >= 15 is 0 Å². The minimum absolute atomic E-state index is 0.0114. The predicted octanol–water partition coefficient (Wildman–Crippen LogP) is 4.00. The highest BCUT2D eigenvalue weighted by Gasteiger charge is 2.06. The Morgan fingerprint density at radius 2 is 1.52 bits per heavy atom. The maximum atomic E-state index is 12.1. The molecule has 4 heteroatoms. The molecule has 2 aromatic rings. The van der Waals surface area contributed by atoms with E-state index in [9.17, 15) is 9.59 Å². The monoisotopic (exact) mass is 299 g/mol. The first-order valence-electron chi connectivity index (χ1n) is 6.60. The molecule has 0 spiro atoms. The molecule has 3 nitrogen and oxygen atoms in total. The molecule has 0 aliphatic rings. The molecule has 0 bridgehead atoms. The molecule has 0 heterocycles. The van der Waals surface area contributed by atoms with Gasteiger partial charge in [-0.2, -0.15) is 11.8 Å². The third-order valence-corrected chi connectivity index (χ3v) is 3.70. The minimum Gasteiger partial charge on any atom is -0.322 e. The van der Waals surface area contributed by atoms with Crippen molar-refractivity contribution in [3.8, 4) is 0 Å². The van der Waals surface area contributed by atoms with Gasteiger partial charge in [0.25, 0.3) is 5.91 Å². The summed E-state index contributed by atoms with van der Waals surface area (Å²) in [7, 11) is 0. The lowest BCUT2D eigenvalue weighted by molar-refractivity contribution is 0.101. The summed E-state index contributed by atoms with van der Waals surface area (Å²) in [4.78, 5) is 23.3. The second-order valence-electron chi connectivity index (χ2n) is 4.72. The number of thioether (sulfide) groups is 1. The number of nitrogens with one attached hydrogen (secondary N) is 1. The molecule has 0 saturated carbocycles. The van der Waals surface area contributed by atoms with E-state index in [2.05, 4.69) is 5.32 Å². The van der Waals surface area contributed by atoms with Crippen LogP contribution in [0.1, 0.15) is 33.2 Å². The number of rotatable bonds is 5. The maximum absolute atomic E-state index is 12.1. The fourth-order valence-corrected chi connectivity index (χ4v) is 2.44. The third-order valence-electron chi connectivity index (χ3n) is 3.08. The van der Waals surface area contributed by atoms with Gasteiger partial charge >= 0.3 is 0 Å². The third kappa shape index (κ3) is 4.20. The maximum Gasteiger partial charge on any atom is 0.255 e. The molecule has 1 N–H and O–H groups in total. The molecule has 21 heavy (non-hydrogen) atoms. The first kappa shape index (κ1) is 15.3. The van der Waals surface area contributed by atoms with Crippen molar-refractivity contribution in [2.45, 2.75) is 12.7 Å². The molecule has 0 atom stereocenters. The molecule has 2 aromatic carbocycles. The normalized spacial score (nSPS) is 10.2. The Kier molecular flexibility index (Phi) is 5.17. The Morgan fingerprint density at radius 1 is 0.952 bits per heavy atom. The Hall–Kier alpha value is -2.07. The predicted molar refractivity (Wildman–Crippen MR) is 88.1 cm³/mol. The minimum atomic E-state index is -0.152. The second kappa shape index (κ2) is 7.09. The van der Waals surface area contributed by atoms with Crippen LogP contribution in [0.25, 0.3) is 0 Å². The van der Waals surface area contributed by atoms with E-state index in [0.29, 0.717) is 16.8 Å². The first-order chi connectivity index (χ1) is 10.1. The summed E-state index contributed by atoms with van der Waals surface area (Å²) in [6.45, 7) is 1.52. The summed E-state index contributed by atoms with van der Waals surface area (Å²) in [5, 5.41) is 2.82. The summed E-state index contributed by atoms with van der Waals surface area (Å²) in [6.07, 6.45) is 2.05. The van der Waals surface area contributed by atoms with E-state index < -0.39 is 0 Å². The summed E-state index contributed by atoms with van der Waals surface area (Å²) >= 11 is 1.75. The number of ketones is 1. The van der Waals surface area contributed by atoms with Crippen LogP contribution in [-0.2, 0) is 5.75 Å². The Morgan fingerprint density at radius 3 is 2.05 bits per heavy atom. The number of hydrogen-bond acceptors (Lipinski definition) is 3. The van der Waals surface area contributed by atoms with Gasteiger partial charge in [-0.25, -0.2) is 0 Å². The fourth-order valence-electron chi connectivity index (χ4n) is 1.91. The second-order valence-corrected chi connectivity index (χ2v) is 5.58. The number of hydrogen-bond donors (Lipinski definition) is 1. The van der Waals surface area contributed by atoms with Gasteiger partial charge in [-0.15, -0.1) is 0 Å². The lowest BCUT2D eigenvalue weighted by Crippen LogP contribution is -2.11. The van der Waals surface area contributed by atoms with Crippen LogP contribution in [0.3, 0.4) is 0 Å². The van der Waals surface area contributed by atoms with Gasteiger partial charge < -0.3 is 5.32 Å². The molecule has 0 saturated heterocycles. The summed E-state index contributed by atoms with van der Waals surface area (Å²) < 4.78 is 0. The van der Waals surface area contributed by atoms with Crippen molar-refractivity contribution in [1.29, 1.82) is 0 Å². The van der Waals surface area contributed by atoms with Crippen LogP contribution >= 0.6 is 11.8 Å². The summed E-state index contributed by atoms with van der Waals surface area (Å²) in [6, 6.07) is 14.5. The van der Waals surface area contributed by atoms with Gasteiger partial charge in [-0.3, -0.25) is 9.59 Å². The number of anilines is 1. The van der Waals surface area contributed by atoms with Crippen LogP contribution in [0, 0.1) is 0 Å². The Bertz CT molecular complexity index is 633. The average Bonchev–Trinajstić information content (AvgIpc) is 2.49. The van der Waals surface area contributed by atoms with Crippen LogP contribution in [0.5, 0.6) is 0 Å². The van der Waals surface area contributed by atoms with Crippen molar-refractivity contribution in [2.24, 2.45) is 0 Å². The van der Waals surface area contributed by atoms with Gasteiger partial charge in [0.2, 0.25) is 0 Å². The zero-order valence-electron chi connectivity index (χ0n) is 12.1. The van der Waals surface area contributed by atoms with Crippen LogP contribution in [0.2, 0.25) is 0 Å². The molecule has 1 amide bonds. The molecule has 0 fully saturated rings. The van der Waals surface area contributed by atoms with Crippen LogP contribution < -0.4 is 5.32 Å². The molecule has 0 aliphatic carbocycles. The van der Waals surface area contributed by atoms with Crippen LogP contribution in [0.15, 0.2) is 48.5 Å². The number of benzene rings is 2. The molecular formula is C17H17NO2S. The molecule has 108 valence electrons. The highest BCUT2D eigenvalue weighted by Crippen LogP contribution is 2.14. The quantitative estimate of drug-likeness (QED) is 0.849. The van der Waals surface area contributed by atoms with E-state index in [4.69, 9.17) is 0 Å². The lowest BCUT2D eigenvalue weighted by Gasteiger charge is -2.06. The number of amides is 1. The highest BCUT2D eigenvalue weighted by molar-refractivity contribution is 7.97. The van der Waals surface area contributed by atoms with Crippen molar-refractivity contribution in [1.82, 2.24) is 0 Å².